The molecule has 3 rings (SSSR count). The Morgan fingerprint density at radius 2 is 0.728 bits per heavy atom. The molecule has 0 spiro atoms. The lowest BCUT2D eigenvalue weighted by atomic mass is 9.96. The van der Waals surface area contributed by atoms with Crippen molar-refractivity contribution < 1.29 is 89.4 Å². The molecule has 3 aliphatic heterocycles. The van der Waals surface area contributed by atoms with Crippen LogP contribution in [0.15, 0.2) is 48.6 Å². The van der Waals surface area contributed by atoms with Crippen molar-refractivity contribution in [3.63, 3.8) is 0 Å². The van der Waals surface area contributed by atoms with Crippen molar-refractivity contribution in [3.05, 3.63) is 48.6 Å². The molecule has 0 aromatic rings. The summed E-state index contributed by atoms with van der Waals surface area (Å²) in [7, 11) is 0. The van der Waals surface area contributed by atoms with Gasteiger partial charge in [-0.25, -0.2) is 0 Å². The van der Waals surface area contributed by atoms with E-state index in [1.54, 1.807) is 6.08 Å². The Morgan fingerprint density at radius 1 is 0.391 bits per heavy atom. The van der Waals surface area contributed by atoms with Gasteiger partial charge in [0.25, 0.3) is 0 Å². The Morgan fingerprint density at radius 3 is 1.15 bits per heavy atom. The van der Waals surface area contributed by atoms with E-state index in [4.69, 9.17) is 28.4 Å². The third kappa shape index (κ3) is 35.8. The summed E-state index contributed by atoms with van der Waals surface area (Å²) in [6.07, 6.45) is 39.4. The second kappa shape index (κ2) is 54.7. The van der Waals surface area contributed by atoms with Crippen LogP contribution in [0.2, 0.25) is 0 Å². The van der Waals surface area contributed by atoms with Crippen LogP contribution in [0.5, 0.6) is 0 Å². The maximum absolute atomic E-state index is 13.4. The zero-order valence-corrected chi connectivity index (χ0v) is 57.0. The van der Waals surface area contributed by atoms with Gasteiger partial charge in [0.05, 0.1) is 38.6 Å². The summed E-state index contributed by atoms with van der Waals surface area (Å²) in [6.45, 7) is 1.73. The van der Waals surface area contributed by atoms with Crippen molar-refractivity contribution in [2.45, 2.75) is 381 Å². The average molecular weight is 1310 g/mol. The minimum Gasteiger partial charge on any atom is -0.394 e. The highest BCUT2D eigenvalue weighted by Gasteiger charge is 2.53. The number of aliphatic hydroxyl groups is 11. The molecule has 17 unspecified atom stereocenters. The number of hydrogen-bond acceptors (Lipinski definition) is 18. The van der Waals surface area contributed by atoms with Crippen LogP contribution >= 0.6 is 0 Å². The summed E-state index contributed by atoms with van der Waals surface area (Å²) in [5.41, 5.74) is 0. The van der Waals surface area contributed by atoms with Crippen molar-refractivity contribution in [3.8, 4) is 0 Å². The maximum atomic E-state index is 13.4. The van der Waals surface area contributed by atoms with Crippen LogP contribution in [-0.2, 0) is 33.2 Å². The normalized spacial score (nSPS) is 27.9. The van der Waals surface area contributed by atoms with Gasteiger partial charge in [0.2, 0.25) is 5.91 Å². The number of unbranched alkanes of at least 4 members (excludes halogenated alkanes) is 35. The fraction of sp³-hybridized carbons (Fsp3) is 0.877. The fourth-order valence-corrected chi connectivity index (χ4v) is 12.4. The van der Waals surface area contributed by atoms with E-state index in [0.29, 0.717) is 12.8 Å². The van der Waals surface area contributed by atoms with Crippen molar-refractivity contribution in [1.82, 2.24) is 5.32 Å². The number of carbonyl (C=O) groups excluding carboxylic acids is 1. The van der Waals surface area contributed by atoms with Gasteiger partial charge in [-0.2, -0.15) is 0 Å². The topological polar surface area (TPSA) is 307 Å². The largest absolute Gasteiger partial charge is 0.394 e. The summed E-state index contributed by atoms with van der Waals surface area (Å²) in [4.78, 5) is 13.4. The first kappa shape index (κ1) is 84.0. The predicted molar refractivity (Wildman–Crippen MR) is 360 cm³/mol. The first-order valence-electron chi connectivity index (χ1n) is 36.9. The summed E-state index contributed by atoms with van der Waals surface area (Å²) < 4.78 is 34.4. The third-order valence-corrected chi connectivity index (χ3v) is 18.3. The molecular formula is C73H133NO18. The molecule has 3 fully saturated rings. The van der Waals surface area contributed by atoms with Crippen LogP contribution < -0.4 is 5.32 Å². The molecule has 19 nitrogen and oxygen atoms in total. The molecule has 3 saturated heterocycles. The van der Waals surface area contributed by atoms with Gasteiger partial charge in [-0.3, -0.25) is 4.79 Å². The second-order valence-electron chi connectivity index (χ2n) is 26.4. The maximum Gasteiger partial charge on any atom is 0.220 e. The van der Waals surface area contributed by atoms with Crippen molar-refractivity contribution >= 4 is 5.91 Å². The molecular weight excluding hydrogens is 1180 g/mol. The first-order valence-corrected chi connectivity index (χ1v) is 36.9. The minimum atomic E-state index is -1.98. The zero-order chi connectivity index (χ0) is 66.8. The Kier molecular flexibility index (Phi) is 50.0. The van der Waals surface area contributed by atoms with Gasteiger partial charge in [-0.1, -0.05) is 255 Å². The molecule has 3 heterocycles. The molecule has 0 bridgehead atoms. The van der Waals surface area contributed by atoms with E-state index in [9.17, 15) is 61.0 Å². The van der Waals surface area contributed by atoms with Gasteiger partial charge >= 0.3 is 0 Å². The Bertz CT molecular complexity index is 1860. The molecule has 92 heavy (non-hydrogen) atoms. The molecule has 0 aliphatic carbocycles. The number of carbonyl (C=O) groups is 1. The Labute approximate surface area is 554 Å². The summed E-state index contributed by atoms with van der Waals surface area (Å²) in [6, 6.07) is -0.993. The molecule has 0 saturated carbocycles. The molecule has 19 heteroatoms. The molecule has 12 N–H and O–H groups in total. The fourth-order valence-electron chi connectivity index (χ4n) is 12.4. The molecule has 0 aromatic heterocycles. The number of aliphatic hydroxyl groups excluding tert-OH is 11. The van der Waals surface area contributed by atoms with Crippen LogP contribution in [-0.4, -0.2) is 193 Å². The minimum absolute atomic E-state index is 0.233. The molecule has 0 radical (unpaired) electrons. The first-order chi connectivity index (χ1) is 44.8. The number of ether oxygens (including phenoxy) is 6. The number of amides is 1. The highest BCUT2D eigenvalue weighted by atomic mass is 16.8. The molecule has 17 atom stereocenters. The van der Waals surface area contributed by atoms with Crippen molar-refractivity contribution in [2.24, 2.45) is 0 Å². The monoisotopic (exact) mass is 1310 g/mol. The van der Waals surface area contributed by atoms with E-state index in [-0.39, 0.29) is 18.9 Å². The summed E-state index contributed by atoms with van der Waals surface area (Å²) in [5.74, 6) is -0.286. The average Bonchev–Trinajstić information content (AvgIpc) is 0.838. The number of allylic oxidation sites excluding steroid dienone is 7. The van der Waals surface area contributed by atoms with Crippen LogP contribution in [0, 0.1) is 0 Å². The van der Waals surface area contributed by atoms with Crippen molar-refractivity contribution in [2.75, 3.05) is 26.4 Å². The smallest absolute Gasteiger partial charge is 0.220 e. The van der Waals surface area contributed by atoms with E-state index < -0.39 is 124 Å². The van der Waals surface area contributed by atoms with Crippen molar-refractivity contribution in [1.29, 1.82) is 0 Å². The molecule has 0 aromatic carbocycles. The Hall–Kier alpha value is -2.25. The molecule has 1 amide bonds. The van der Waals surface area contributed by atoms with Crippen LogP contribution in [0.3, 0.4) is 0 Å². The number of rotatable bonds is 57. The summed E-state index contributed by atoms with van der Waals surface area (Å²) >= 11 is 0. The van der Waals surface area contributed by atoms with E-state index in [2.05, 4.69) is 55.6 Å². The predicted octanol–water partition coefficient (Wildman–Crippen LogP) is 10.6. The van der Waals surface area contributed by atoms with Gasteiger partial charge in [0, 0.05) is 6.42 Å². The number of nitrogens with one attached hydrogen (secondary N) is 1. The SMILES string of the molecule is CCCCCCC/C=C\C/C=C\CCCCCCCCCCCCCC(=O)NC(COC1OC(CO)C(OC2OC(CO)C(OC3OC(CO)C(O)C(O)C3O)C(O)C2O)C(O)C1O)C(O)/C=C/CC/C=C/CCCCCCCCCCCCCCCCCCCC. The highest BCUT2D eigenvalue weighted by Crippen LogP contribution is 2.33. The Balaban J connectivity index is 1.44. The molecule has 538 valence electrons. The van der Waals surface area contributed by atoms with E-state index >= 15 is 0 Å². The van der Waals surface area contributed by atoms with Gasteiger partial charge < -0.3 is 89.9 Å². The van der Waals surface area contributed by atoms with Gasteiger partial charge in [-0.15, -0.1) is 0 Å². The van der Waals surface area contributed by atoms with Gasteiger partial charge in [0.15, 0.2) is 18.9 Å². The lowest BCUT2D eigenvalue weighted by Crippen LogP contribution is -2.66. The van der Waals surface area contributed by atoms with Crippen LogP contribution in [0.4, 0.5) is 0 Å². The van der Waals surface area contributed by atoms with Gasteiger partial charge in [-0.05, 0) is 64.2 Å². The number of hydrogen-bond donors (Lipinski definition) is 12. The lowest BCUT2D eigenvalue weighted by Gasteiger charge is -2.48. The van der Waals surface area contributed by atoms with E-state index in [1.165, 1.54) is 193 Å². The van der Waals surface area contributed by atoms with Crippen LogP contribution in [0.1, 0.15) is 277 Å². The zero-order valence-electron chi connectivity index (χ0n) is 57.0. The second-order valence-corrected chi connectivity index (χ2v) is 26.4. The standard InChI is InChI=1S/C73H133NO18/c1-3-5-7-9-11-13-15-17-19-21-23-25-27-29-30-32-34-36-38-40-42-44-46-48-50-57(78)56(74-61(79)51-49-47-45-43-41-39-37-35-33-31-28-26-24-22-20-18-16-14-12-10-8-6-4-2)55-87-71-67(85)64(82)69(59(53-76)89-71)92-73-68(86)65(83)70(60(54-77)90-73)91-72-66(84)63(81)62(80)58(52-75)88-72/h16,18,22,24,40,42,48,50,56-60,62-73,75-78,80-86H,3-15,17,19-21,23,25-39,41,43-47,49,51-55H2,1-2H3,(H,74,79)/b18-16-,24-22-,42-40+,50-48+. The quantitative estimate of drug-likeness (QED) is 0.0199. The van der Waals surface area contributed by atoms with Crippen LogP contribution in [0.25, 0.3) is 0 Å². The van der Waals surface area contributed by atoms with E-state index in [1.807, 2.05) is 6.08 Å². The lowest BCUT2D eigenvalue weighted by molar-refractivity contribution is -0.379. The summed E-state index contributed by atoms with van der Waals surface area (Å²) in [5, 5.41) is 121. The highest BCUT2D eigenvalue weighted by molar-refractivity contribution is 5.76. The van der Waals surface area contributed by atoms with E-state index in [0.717, 1.165) is 51.4 Å². The molecule has 3 aliphatic rings. The third-order valence-electron chi connectivity index (χ3n) is 18.3. The van der Waals surface area contributed by atoms with Gasteiger partial charge in [0.1, 0.15) is 73.2 Å².